The molecule has 4 rings (SSSR count). The van der Waals surface area contributed by atoms with Crippen LogP contribution in [0.15, 0.2) is 42.0 Å². The van der Waals surface area contributed by atoms with Gasteiger partial charge in [-0.3, -0.25) is 4.90 Å². The van der Waals surface area contributed by atoms with Gasteiger partial charge >= 0.3 is 12.3 Å². The van der Waals surface area contributed by atoms with E-state index >= 15 is 0 Å². The Kier molecular flexibility index (Phi) is 7.38. The Morgan fingerprint density at radius 1 is 1.19 bits per heavy atom. The molecule has 1 saturated heterocycles. The number of alkyl halides is 3. The molecule has 1 heterocycles. The molecule has 2 aromatic carbocycles. The Balaban J connectivity index is 1.70. The highest BCUT2D eigenvalue weighted by molar-refractivity contribution is 14.1. The van der Waals surface area contributed by atoms with Crippen LogP contribution in [-0.2, 0) is 10.9 Å². The molecule has 2 atom stereocenters. The molecule has 1 fully saturated rings. The minimum absolute atomic E-state index is 0.0679. The van der Waals surface area contributed by atoms with Crippen molar-refractivity contribution in [3.05, 3.63) is 67.8 Å². The van der Waals surface area contributed by atoms with E-state index in [1.54, 1.807) is 25.0 Å². The number of aryl methyl sites for hydroxylation is 1. The summed E-state index contributed by atoms with van der Waals surface area (Å²) in [6, 6.07) is 9.51. The molecule has 0 saturated carbocycles. The number of hydrogen-bond donors (Lipinski definition) is 0. The molecule has 0 bridgehead atoms. The molecule has 36 heavy (non-hydrogen) atoms. The third-order valence-electron chi connectivity index (χ3n) is 7.17. The number of amides is 1. The van der Waals surface area contributed by atoms with Crippen molar-refractivity contribution in [3.8, 4) is 5.75 Å². The van der Waals surface area contributed by atoms with Gasteiger partial charge in [-0.05, 0) is 108 Å². The lowest BCUT2D eigenvalue weighted by Gasteiger charge is -2.36. The van der Waals surface area contributed by atoms with E-state index in [2.05, 4.69) is 42.5 Å². The van der Waals surface area contributed by atoms with Crippen molar-refractivity contribution in [2.75, 3.05) is 13.7 Å². The van der Waals surface area contributed by atoms with Gasteiger partial charge in [0.25, 0.3) is 0 Å². The van der Waals surface area contributed by atoms with Crippen molar-refractivity contribution < 1.29 is 27.4 Å². The molecule has 0 aromatic heterocycles. The Morgan fingerprint density at radius 2 is 1.92 bits per heavy atom. The van der Waals surface area contributed by atoms with Gasteiger partial charge < -0.3 is 9.47 Å². The normalized spacial score (nSPS) is 22.1. The summed E-state index contributed by atoms with van der Waals surface area (Å²) in [5, 5.41) is 0. The van der Waals surface area contributed by atoms with Crippen LogP contribution in [0.2, 0.25) is 0 Å². The number of hydrogen-bond acceptors (Lipinski definition) is 3. The Labute approximate surface area is 224 Å². The van der Waals surface area contributed by atoms with Crippen LogP contribution in [0, 0.1) is 15.9 Å². The maximum absolute atomic E-state index is 13.4. The van der Waals surface area contributed by atoms with Crippen LogP contribution in [0.25, 0.3) is 5.57 Å². The van der Waals surface area contributed by atoms with Gasteiger partial charge in [-0.25, -0.2) is 4.79 Å². The summed E-state index contributed by atoms with van der Waals surface area (Å²) in [7, 11) is 1.65. The lowest BCUT2D eigenvalue weighted by atomic mass is 9.72. The molecule has 1 aliphatic carbocycles. The topological polar surface area (TPSA) is 38.8 Å². The molecule has 1 amide bonds. The number of halogens is 4. The third kappa shape index (κ3) is 5.53. The van der Waals surface area contributed by atoms with E-state index in [1.165, 1.54) is 5.57 Å². The minimum Gasteiger partial charge on any atom is -0.496 e. The average molecular weight is 613 g/mol. The monoisotopic (exact) mass is 613 g/mol. The first-order valence-electron chi connectivity index (χ1n) is 12.0. The molecule has 2 aliphatic rings. The molecule has 0 spiro atoms. The summed E-state index contributed by atoms with van der Waals surface area (Å²) in [5.41, 5.74) is 3.51. The molecular formula is C28H31F3INO3. The zero-order valence-electron chi connectivity index (χ0n) is 21.1. The second-order valence-electron chi connectivity index (χ2n) is 10.6. The Bertz CT molecular complexity index is 1210. The first-order valence-corrected chi connectivity index (χ1v) is 13.1. The fourth-order valence-electron chi connectivity index (χ4n) is 5.31. The predicted molar refractivity (Wildman–Crippen MR) is 142 cm³/mol. The number of cyclic esters (lactones) is 1. The standard InChI is InChI=1S/C28H31F3INO3/c1-16-10-18(12-20(11-16)28(29,30)31)25-17(2)33(26(34)36-25)15-19-14-27(3,4)9-8-22(19)23-13-21(32)6-7-24(23)35-5/h6-7,10-13,17,25H,8-9,14-15H2,1-5H3/t17-,25-/m0/s1. The number of carbonyl (C=O) groups excluding carboxylic acids is 1. The molecule has 0 N–H and O–H groups in total. The van der Waals surface area contributed by atoms with Crippen LogP contribution in [0.4, 0.5) is 18.0 Å². The maximum atomic E-state index is 13.4. The molecular weight excluding hydrogens is 582 g/mol. The molecule has 0 radical (unpaired) electrons. The van der Waals surface area contributed by atoms with Gasteiger partial charge in [0.15, 0.2) is 0 Å². The highest BCUT2D eigenvalue weighted by Crippen LogP contribution is 2.46. The summed E-state index contributed by atoms with van der Waals surface area (Å²) >= 11 is 2.28. The maximum Gasteiger partial charge on any atom is 0.416 e. The number of ether oxygens (including phenoxy) is 2. The van der Waals surface area contributed by atoms with E-state index < -0.39 is 30.0 Å². The summed E-state index contributed by atoms with van der Waals surface area (Å²) in [4.78, 5) is 14.7. The van der Waals surface area contributed by atoms with Crippen LogP contribution in [0.1, 0.15) is 68.4 Å². The van der Waals surface area contributed by atoms with Gasteiger partial charge in [-0.1, -0.05) is 25.5 Å². The van der Waals surface area contributed by atoms with E-state index in [9.17, 15) is 18.0 Å². The summed E-state index contributed by atoms with van der Waals surface area (Å²) in [5.74, 6) is 0.789. The van der Waals surface area contributed by atoms with Gasteiger partial charge in [0.2, 0.25) is 0 Å². The number of carbonyl (C=O) groups is 1. The molecule has 194 valence electrons. The van der Waals surface area contributed by atoms with Crippen molar-refractivity contribution >= 4 is 34.3 Å². The van der Waals surface area contributed by atoms with Gasteiger partial charge in [0.1, 0.15) is 11.9 Å². The smallest absolute Gasteiger partial charge is 0.416 e. The van der Waals surface area contributed by atoms with Crippen molar-refractivity contribution in [2.24, 2.45) is 5.41 Å². The van der Waals surface area contributed by atoms with Crippen LogP contribution < -0.4 is 4.74 Å². The highest BCUT2D eigenvalue weighted by atomic mass is 127. The number of benzene rings is 2. The SMILES string of the molecule is COc1ccc(I)cc1C1=C(CN2C(=O)O[C@H](c3cc(C)cc(C(F)(F)F)c3)[C@@H]2C)CC(C)(C)CC1. The molecule has 2 aromatic rings. The first-order chi connectivity index (χ1) is 16.8. The van der Waals surface area contributed by atoms with Crippen molar-refractivity contribution in [1.82, 2.24) is 4.90 Å². The fourth-order valence-corrected chi connectivity index (χ4v) is 5.80. The lowest BCUT2D eigenvalue weighted by Crippen LogP contribution is -2.35. The van der Waals surface area contributed by atoms with Gasteiger partial charge in [0.05, 0.1) is 18.7 Å². The highest BCUT2D eigenvalue weighted by Gasteiger charge is 2.42. The Morgan fingerprint density at radius 3 is 2.58 bits per heavy atom. The predicted octanol–water partition coefficient (Wildman–Crippen LogP) is 8.17. The van der Waals surface area contributed by atoms with Gasteiger partial charge in [-0.15, -0.1) is 0 Å². The van der Waals surface area contributed by atoms with Crippen molar-refractivity contribution in [2.45, 2.75) is 65.3 Å². The number of nitrogens with zero attached hydrogens (tertiary/aromatic N) is 1. The summed E-state index contributed by atoms with van der Waals surface area (Å²) < 4.78 is 52.7. The van der Waals surface area contributed by atoms with Crippen molar-refractivity contribution in [3.63, 3.8) is 0 Å². The third-order valence-corrected chi connectivity index (χ3v) is 7.84. The second-order valence-corrected chi connectivity index (χ2v) is 11.8. The van der Waals surface area contributed by atoms with E-state index in [1.807, 2.05) is 19.1 Å². The molecule has 8 heteroatoms. The van der Waals surface area contributed by atoms with Gasteiger partial charge in [0, 0.05) is 15.7 Å². The summed E-state index contributed by atoms with van der Waals surface area (Å²) in [6.45, 7) is 8.26. The minimum atomic E-state index is -4.47. The second kappa shape index (κ2) is 9.91. The van der Waals surface area contributed by atoms with Crippen molar-refractivity contribution in [1.29, 1.82) is 0 Å². The fraction of sp³-hybridized carbons (Fsp3) is 0.464. The molecule has 4 nitrogen and oxygen atoms in total. The van der Waals surface area contributed by atoms with Crippen LogP contribution in [-0.4, -0.2) is 30.7 Å². The van der Waals surface area contributed by atoms with Crippen LogP contribution in [0.3, 0.4) is 0 Å². The van der Waals surface area contributed by atoms with E-state index in [-0.39, 0.29) is 5.41 Å². The Hall–Kier alpha value is -2.23. The quantitative estimate of drug-likeness (QED) is 0.320. The molecule has 0 unspecified atom stereocenters. The zero-order chi connectivity index (χ0) is 26.4. The largest absolute Gasteiger partial charge is 0.496 e. The van der Waals surface area contributed by atoms with E-state index in [0.717, 1.165) is 51.9 Å². The van der Waals surface area contributed by atoms with E-state index in [0.29, 0.717) is 17.7 Å². The van der Waals surface area contributed by atoms with Gasteiger partial charge in [-0.2, -0.15) is 13.2 Å². The van der Waals surface area contributed by atoms with Crippen LogP contribution >= 0.6 is 22.6 Å². The molecule has 1 aliphatic heterocycles. The van der Waals surface area contributed by atoms with E-state index in [4.69, 9.17) is 9.47 Å². The lowest BCUT2D eigenvalue weighted by molar-refractivity contribution is -0.137. The number of methoxy groups -OCH3 is 1. The number of rotatable bonds is 5. The van der Waals surface area contributed by atoms with Crippen LogP contribution in [0.5, 0.6) is 5.75 Å². The summed E-state index contributed by atoms with van der Waals surface area (Å²) in [6.07, 6.45) is -3.08. The average Bonchev–Trinajstić information content (AvgIpc) is 3.06. The first kappa shape index (κ1) is 26.8. The zero-order valence-corrected chi connectivity index (χ0v) is 23.3. The number of allylic oxidation sites excluding steroid dienone is 1.